The summed E-state index contributed by atoms with van der Waals surface area (Å²) in [5, 5.41) is 0. The molecule has 1 aliphatic rings. The van der Waals surface area contributed by atoms with Gasteiger partial charge in [0.2, 0.25) is 10.0 Å². The number of hydrogen-bond acceptors (Lipinski definition) is 4. The third-order valence-electron chi connectivity index (χ3n) is 3.41. The Hall–Kier alpha value is -1.52. The van der Waals surface area contributed by atoms with Crippen LogP contribution in [0, 0.1) is 0 Å². The fraction of sp³-hybridized carbons (Fsp3) is 0.583. The quantitative estimate of drug-likeness (QED) is 0.686. The van der Waals surface area contributed by atoms with E-state index in [1.807, 2.05) is 0 Å². The van der Waals surface area contributed by atoms with E-state index in [2.05, 4.69) is 4.98 Å². The Morgan fingerprint density at radius 2 is 2.05 bits per heavy atom. The van der Waals surface area contributed by atoms with Crippen molar-refractivity contribution in [1.29, 1.82) is 0 Å². The molecule has 2 heterocycles. The van der Waals surface area contributed by atoms with E-state index in [1.54, 1.807) is 9.62 Å². The molecular weight excluding hydrogens is 318 g/mol. The van der Waals surface area contributed by atoms with Crippen LogP contribution in [0.3, 0.4) is 0 Å². The number of nitrogens with one attached hydrogen (secondary N) is 2. The van der Waals surface area contributed by atoms with Crippen molar-refractivity contribution in [2.24, 2.45) is 5.73 Å². The Morgan fingerprint density at radius 1 is 1.41 bits per heavy atom. The van der Waals surface area contributed by atoms with Gasteiger partial charge in [-0.3, -0.25) is 4.79 Å². The van der Waals surface area contributed by atoms with Gasteiger partial charge < -0.3 is 15.6 Å². The van der Waals surface area contributed by atoms with Crippen molar-refractivity contribution in [3.63, 3.8) is 0 Å². The lowest BCUT2D eigenvalue weighted by Crippen LogP contribution is -2.41. The molecule has 1 amide bonds. The molecule has 1 aliphatic heterocycles. The molecule has 22 heavy (non-hydrogen) atoms. The normalized spacial score (nSPS) is 16.2. The predicted molar refractivity (Wildman–Crippen MR) is 75.1 cm³/mol. The first-order valence-corrected chi connectivity index (χ1v) is 8.29. The van der Waals surface area contributed by atoms with Crippen molar-refractivity contribution in [1.82, 2.24) is 14.6 Å². The summed E-state index contributed by atoms with van der Waals surface area (Å²) in [6.45, 7) is -0.796. The number of aromatic nitrogens is 1. The SMILES string of the molecule is NCC(F)(F)CNS(=O)(=O)c1c[nH]c(C(=O)N2CCCC2)c1. The second-order valence-electron chi connectivity index (χ2n) is 5.13. The van der Waals surface area contributed by atoms with E-state index in [0.717, 1.165) is 25.1 Å². The topological polar surface area (TPSA) is 108 Å². The lowest BCUT2D eigenvalue weighted by molar-refractivity contribution is 0.0170. The minimum absolute atomic E-state index is 0.118. The average molecular weight is 336 g/mol. The molecule has 10 heteroatoms. The highest BCUT2D eigenvalue weighted by molar-refractivity contribution is 7.89. The van der Waals surface area contributed by atoms with Crippen molar-refractivity contribution in [2.45, 2.75) is 23.7 Å². The van der Waals surface area contributed by atoms with Gasteiger partial charge in [0.15, 0.2) is 0 Å². The molecule has 0 aliphatic carbocycles. The lowest BCUT2D eigenvalue weighted by atomic mass is 10.3. The van der Waals surface area contributed by atoms with E-state index in [0.29, 0.717) is 13.1 Å². The zero-order chi connectivity index (χ0) is 16.4. The zero-order valence-corrected chi connectivity index (χ0v) is 12.6. The van der Waals surface area contributed by atoms with Crippen molar-refractivity contribution in [2.75, 3.05) is 26.2 Å². The van der Waals surface area contributed by atoms with E-state index in [-0.39, 0.29) is 16.5 Å². The Morgan fingerprint density at radius 3 is 2.64 bits per heavy atom. The lowest BCUT2D eigenvalue weighted by Gasteiger charge is -2.14. The van der Waals surface area contributed by atoms with Crippen LogP contribution in [0.25, 0.3) is 0 Å². The van der Waals surface area contributed by atoms with E-state index >= 15 is 0 Å². The number of carbonyl (C=O) groups is 1. The maximum atomic E-state index is 13.0. The number of alkyl halides is 2. The number of nitrogens with two attached hydrogens (primary N) is 1. The fourth-order valence-corrected chi connectivity index (χ4v) is 3.15. The van der Waals surface area contributed by atoms with Gasteiger partial charge in [0.05, 0.1) is 13.1 Å². The summed E-state index contributed by atoms with van der Waals surface area (Å²) in [6.07, 6.45) is 2.92. The molecule has 0 radical (unpaired) electrons. The molecule has 1 aromatic heterocycles. The molecule has 1 aromatic rings. The van der Waals surface area contributed by atoms with Crippen LogP contribution in [0.5, 0.6) is 0 Å². The summed E-state index contributed by atoms with van der Waals surface area (Å²) in [6, 6.07) is 1.14. The monoisotopic (exact) mass is 336 g/mol. The van der Waals surface area contributed by atoms with Gasteiger partial charge in [-0.1, -0.05) is 0 Å². The molecule has 0 unspecified atom stereocenters. The zero-order valence-electron chi connectivity index (χ0n) is 11.8. The van der Waals surface area contributed by atoms with Crippen LogP contribution in [-0.2, 0) is 10.0 Å². The van der Waals surface area contributed by atoms with Gasteiger partial charge in [0.1, 0.15) is 10.6 Å². The van der Waals surface area contributed by atoms with E-state index in [4.69, 9.17) is 5.73 Å². The summed E-state index contributed by atoms with van der Waals surface area (Å²) in [5.41, 5.74) is 4.97. The summed E-state index contributed by atoms with van der Waals surface area (Å²) in [7, 11) is -4.13. The largest absolute Gasteiger partial charge is 0.356 e. The first-order chi connectivity index (χ1) is 10.2. The van der Waals surface area contributed by atoms with Crippen LogP contribution < -0.4 is 10.5 Å². The van der Waals surface area contributed by atoms with Gasteiger partial charge in [-0.15, -0.1) is 0 Å². The van der Waals surface area contributed by atoms with Crippen molar-refractivity contribution < 1.29 is 22.0 Å². The number of carbonyl (C=O) groups excluding carboxylic acids is 1. The number of H-pyrrole nitrogens is 1. The molecule has 4 N–H and O–H groups in total. The van der Waals surface area contributed by atoms with Crippen molar-refractivity contribution in [3.05, 3.63) is 18.0 Å². The number of amides is 1. The summed E-state index contributed by atoms with van der Waals surface area (Å²) in [5.74, 6) is -3.62. The van der Waals surface area contributed by atoms with Gasteiger partial charge in [0, 0.05) is 19.3 Å². The van der Waals surface area contributed by atoms with E-state index in [1.165, 1.54) is 0 Å². The molecule has 1 fully saturated rings. The molecule has 1 saturated heterocycles. The maximum absolute atomic E-state index is 13.0. The number of likely N-dealkylation sites (tertiary alicyclic amines) is 1. The third kappa shape index (κ3) is 3.81. The number of halogens is 2. The molecular formula is C12H18F2N4O3S. The number of sulfonamides is 1. The first-order valence-electron chi connectivity index (χ1n) is 6.80. The molecule has 2 rings (SSSR count). The summed E-state index contributed by atoms with van der Waals surface area (Å²) < 4.78 is 51.7. The highest BCUT2D eigenvalue weighted by atomic mass is 32.2. The standard InChI is InChI=1S/C12H18F2N4O3S/c13-12(14,7-15)8-17-22(20,21)9-5-10(16-6-9)11(19)18-3-1-2-4-18/h5-6,16-17H,1-4,7-8,15H2. The van der Waals surface area contributed by atoms with Gasteiger partial charge in [-0.2, -0.15) is 0 Å². The van der Waals surface area contributed by atoms with Crippen LogP contribution in [-0.4, -0.2) is 56.3 Å². The Balaban J connectivity index is 2.08. The second-order valence-corrected chi connectivity index (χ2v) is 6.90. The Labute approximate surface area is 126 Å². The predicted octanol–water partition coefficient (Wildman–Crippen LogP) is 0.123. The van der Waals surface area contributed by atoms with Gasteiger partial charge >= 0.3 is 0 Å². The molecule has 0 saturated carbocycles. The molecule has 0 bridgehead atoms. The van der Waals surface area contributed by atoms with E-state index in [9.17, 15) is 22.0 Å². The summed E-state index contributed by atoms with van der Waals surface area (Å²) >= 11 is 0. The Bertz CT molecular complexity index is 639. The molecule has 0 aromatic carbocycles. The van der Waals surface area contributed by atoms with Crippen LogP contribution in [0.15, 0.2) is 17.2 Å². The Kier molecular flexibility index (Phi) is 4.83. The van der Waals surface area contributed by atoms with Gasteiger partial charge in [-0.05, 0) is 18.9 Å². The first kappa shape index (κ1) is 16.8. The highest BCUT2D eigenvalue weighted by Crippen LogP contribution is 2.17. The minimum atomic E-state index is -4.13. The average Bonchev–Trinajstić information content (AvgIpc) is 3.16. The van der Waals surface area contributed by atoms with Gasteiger partial charge in [0.25, 0.3) is 11.8 Å². The molecule has 0 atom stereocenters. The second kappa shape index (κ2) is 6.31. The third-order valence-corrected chi connectivity index (χ3v) is 4.79. The number of aromatic amines is 1. The van der Waals surface area contributed by atoms with Crippen LogP contribution in [0.1, 0.15) is 23.3 Å². The van der Waals surface area contributed by atoms with Crippen LogP contribution in [0.2, 0.25) is 0 Å². The van der Waals surface area contributed by atoms with Crippen molar-refractivity contribution in [3.8, 4) is 0 Å². The number of nitrogens with zero attached hydrogens (tertiary/aromatic N) is 1. The number of rotatable bonds is 6. The van der Waals surface area contributed by atoms with Gasteiger partial charge in [-0.25, -0.2) is 21.9 Å². The smallest absolute Gasteiger partial charge is 0.273 e. The molecule has 124 valence electrons. The highest BCUT2D eigenvalue weighted by Gasteiger charge is 2.30. The van der Waals surface area contributed by atoms with Crippen LogP contribution in [0.4, 0.5) is 8.78 Å². The fourth-order valence-electron chi connectivity index (χ4n) is 2.10. The van der Waals surface area contributed by atoms with E-state index < -0.39 is 29.0 Å². The minimum Gasteiger partial charge on any atom is -0.356 e. The van der Waals surface area contributed by atoms with Crippen LogP contribution >= 0.6 is 0 Å². The van der Waals surface area contributed by atoms with Crippen molar-refractivity contribution >= 4 is 15.9 Å². The maximum Gasteiger partial charge on any atom is 0.273 e. The number of hydrogen-bond donors (Lipinski definition) is 3. The summed E-state index contributed by atoms with van der Waals surface area (Å²) in [4.78, 5) is 16.0. The molecule has 7 nitrogen and oxygen atoms in total. The molecule has 0 spiro atoms.